The molecular weight excluding hydrogens is 307 g/mol. The Bertz CT molecular complexity index is 672. The van der Waals surface area contributed by atoms with Crippen molar-refractivity contribution in [2.24, 2.45) is 0 Å². The summed E-state index contributed by atoms with van der Waals surface area (Å²) in [4.78, 5) is 18.0. The highest BCUT2D eigenvalue weighted by Gasteiger charge is 2.23. The average molecular weight is 328 g/mol. The summed E-state index contributed by atoms with van der Waals surface area (Å²) < 4.78 is 13.7. The lowest BCUT2D eigenvalue weighted by atomic mass is 10.0. The summed E-state index contributed by atoms with van der Waals surface area (Å²) in [5.41, 5.74) is 1.50. The van der Waals surface area contributed by atoms with Crippen LogP contribution in [0, 0.1) is 5.82 Å². The third-order valence-corrected chi connectivity index (χ3v) is 4.18. The van der Waals surface area contributed by atoms with Gasteiger partial charge in [0.05, 0.1) is 5.69 Å². The zero-order chi connectivity index (χ0) is 16.8. The van der Waals surface area contributed by atoms with Gasteiger partial charge in [0, 0.05) is 38.1 Å². The Morgan fingerprint density at radius 3 is 2.71 bits per heavy atom. The molecule has 1 aliphatic heterocycles. The van der Waals surface area contributed by atoms with Crippen molar-refractivity contribution in [1.82, 2.24) is 15.2 Å². The second-order valence-electron chi connectivity index (χ2n) is 5.91. The van der Waals surface area contributed by atoms with Crippen molar-refractivity contribution in [2.45, 2.75) is 25.4 Å². The van der Waals surface area contributed by atoms with Crippen molar-refractivity contribution in [1.29, 1.82) is 0 Å². The van der Waals surface area contributed by atoms with Gasteiger partial charge in [-0.2, -0.15) is 0 Å². The van der Waals surface area contributed by atoms with Crippen LogP contribution in [0.3, 0.4) is 0 Å². The molecular formula is C18H21FN4O. The number of amides is 2. The number of urea groups is 1. The van der Waals surface area contributed by atoms with E-state index in [-0.39, 0.29) is 17.9 Å². The van der Waals surface area contributed by atoms with Gasteiger partial charge in [0.15, 0.2) is 0 Å². The molecule has 5 nitrogen and oxygen atoms in total. The van der Waals surface area contributed by atoms with E-state index in [0.717, 1.165) is 18.4 Å². The van der Waals surface area contributed by atoms with E-state index in [1.807, 2.05) is 18.2 Å². The number of carbonyl (C=O) groups is 1. The molecule has 1 aromatic heterocycles. The highest BCUT2D eigenvalue weighted by Crippen LogP contribution is 2.19. The molecule has 3 rings (SSSR count). The van der Waals surface area contributed by atoms with Crippen molar-refractivity contribution < 1.29 is 9.18 Å². The van der Waals surface area contributed by atoms with Crippen molar-refractivity contribution in [2.75, 3.05) is 18.4 Å². The number of nitrogens with one attached hydrogen (secondary N) is 2. The zero-order valence-electron chi connectivity index (χ0n) is 13.4. The number of benzene rings is 1. The Morgan fingerprint density at radius 1 is 1.21 bits per heavy atom. The third kappa shape index (κ3) is 4.22. The van der Waals surface area contributed by atoms with Gasteiger partial charge in [-0.25, -0.2) is 9.18 Å². The zero-order valence-corrected chi connectivity index (χ0v) is 13.4. The van der Waals surface area contributed by atoms with Crippen molar-refractivity contribution in [3.63, 3.8) is 0 Å². The van der Waals surface area contributed by atoms with Crippen LogP contribution in [-0.4, -0.2) is 35.0 Å². The molecule has 2 amide bonds. The molecule has 126 valence electrons. The number of pyridine rings is 1. The van der Waals surface area contributed by atoms with Crippen LogP contribution in [0.4, 0.5) is 14.9 Å². The molecule has 0 spiro atoms. The normalized spacial score (nSPS) is 15.1. The Balaban J connectivity index is 1.44. The predicted molar refractivity (Wildman–Crippen MR) is 91.1 cm³/mol. The van der Waals surface area contributed by atoms with Crippen LogP contribution in [0.5, 0.6) is 0 Å². The van der Waals surface area contributed by atoms with Gasteiger partial charge < -0.3 is 15.5 Å². The fraction of sp³-hybridized carbons (Fsp3) is 0.333. The lowest BCUT2D eigenvalue weighted by molar-refractivity contribution is 0.183. The SMILES string of the molecule is O=C(NCc1cccnc1)N1CCC(Nc2ccccc2F)CC1. The minimum absolute atomic E-state index is 0.0665. The molecule has 1 saturated heterocycles. The van der Waals surface area contributed by atoms with E-state index in [4.69, 9.17) is 0 Å². The first-order valence-electron chi connectivity index (χ1n) is 8.15. The van der Waals surface area contributed by atoms with Gasteiger partial charge in [-0.05, 0) is 36.6 Å². The minimum Gasteiger partial charge on any atom is -0.380 e. The summed E-state index contributed by atoms with van der Waals surface area (Å²) in [6.07, 6.45) is 5.05. The van der Waals surface area contributed by atoms with E-state index in [9.17, 15) is 9.18 Å². The van der Waals surface area contributed by atoms with Crippen LogP contribution in [-0.2, 0) is 6.54 Å². The molecule has 1 aliphatic rings. The predicted octanol–water partition coefficient (Wildman–Crippen LogP) is 3.01. The van der Waals surface area contributed by atoms with Crippen LogP contribution in [0.1, 0.15) is 18.4 Å². The van der Waals surface area contributed by atoms with Crippen LogP contribution in [0.2, 0.25) is 0 Å². The average Bonchev–Trinajstić information content (AvgIpc) is 2.63. The Labute approximate surface area is 140 Å². The summed E-state index contributed by atoms with van der Waals surface area (Å²) in [6.45, 7) is 1.79. The monoisotopic (exact) mass is 328 g/mol. The van der Waals surface area contributed by atoms with E-state index in [0.29, 0.717) is 25.3 Å². The first kappa shape index (κ1) is 16.2. The number of anilines is 1. The number of nitrogens with zero attached hydrogens (tertiary/aromatic N) is 2. The molecule has 0 atom stereocenters. The molecule has 0 aliphatic carbocycles. The van der Waals surface area contributed by atoms with Crippen LogP contribution in [0.15, 0.2) is 48.8 Å². The maximum atomic E-state index is 13.7. The number of piperidine rings is 1. The molecule has 0 bridgehead atoms. The summed E-state index contributed by atoms with van der Waals surface area (Å²) in [6, 6.07) is 10.6. The number of likely N-dealkylation sites (tertiary alicyclic amines) is 1. The highest BCUT2D eigenvalue weighted by molar-refractivity contribution is 5.74. The molecule has 24 heavy (non-hydrogen) atoms. The summed E-state index contributed by atoms with van der Waals surface area (Å²) >= 11 is 0. The van der Waals surface area contributed by atoms with Gasteiger partial charge >= 0.3 is 6.03 Å². The second kappa shape index (κ2) is 7.77. The molecule has 0 radical (unpaired) electrons. The summed E-state index contributed by atoms with van der Waals surface area (Å²) in [5.74, 6) is -0.242. The maximum absolute atomic E-state index is 13.7. The van der Waals surface area contributed by atoms with Gasteiger partial charge in [0.1, 0.15) is 5.82 Å². The van der Waals surface area contributed by atoms with E-state index >= 15 is 0 Å². The Hall–Kier alpha value is -2.63. The number of aromatic nitrogens is 1. The van der Waals surface area contributed by atoms with Crippen molar-refractivity contribution in [3.05, 3.63) is 60.2 Å². The number of hydrogen-bond donors (Lipinski definition) is 2. The molecule has 6 heteroatoms. The topological polar surface area (TPSA) is 57.3 Å². The second-order valence-corrected chi connectivity index (χ2v) is 5.91. The maximum Gasteiger partial charge on any atom is 0.317 e. The Morgan fingerprint density at radius 2 is 2.00 bits per heavy atom. The van der Waals surface area contributed by atoms with Crippen LogP contribution >= 0.6 is 0 Å². The lowest BCUT2D eigenvalue weighted by Gasteiger charge is -2.33. The number of para-hydroxylation sites is 1. The number of halogens is 1. The third-order valence-electron chi connectivity index (χ3n) is 4.18. The molecule has 2 heterocycles. The van der Waals surface area contributed by atoms with Gasteiger partial charge in [0.25, 0.3) is 0 Å². The molecule has 2 aromatic rings. The van der Waals surface area contributed by atoms with Crippen LogP contribution in [0.25, 0.3) is 0 Å². The van der Waals surface area contributed by atoms with Crippen molar-refractivity contribution >= 4 is 11.7 Å². The minimum atomic E-state index is -0.242. The standard InChI is InChI=1S/C18H21FN4O/c19-16-5-1-2-6-17(16)22-15-7-10-23(11-8-15)18(24)21-13-14-4-3-9-20-12-14/h1-6,9,12,15,22H,7-8,10-11,13H2,(H,21,24). The first-order valence-corrected chi connectivity index (χ1v) is 8.15. The summed E-state index contributed by atoms with van der Waals surface area (Å²) in [5, 5.41) is 6.13. The van der Waals surface area contributed by atoms with E-state index in [1.165, 1.54) is 6.07 Å². The fourth-order valence-corrected chi connectivity index (χ4v) is 2.82. The molecule has 2 N–H and O–H groups in total. The van der Waals surface area contributed by atoms with Gasteiger partial charge in [-0.3, -0.25) is 4.98 Å². The number of carbonyl (C=O) groups excluding carboxylic acids is 1. The van der Waals surface area contributed by atoms with E-state index in [2.05, 4.69) is 15.6 Å². The largest absolute Gasteiger partial charge is 0.380 e. The smallest absolute Gasteiger partial charge is 0.317 e. The number of rotatable bonds is 4. The van der Waals surface area contributed by atoms with Gasteiger partial charge in [-0.15, -0.1) is 0 Å². The fourth-order valence-electron chi connectivity index (χ4n) is 2.82. The van der Waals surface area contributed by atoms with Crippen molar-refractivity contribution in [3.8, 4) is 0 Å². The first-order chi connectivity index (χ1) is 11.7. The van der Waals surface area contributed by atoms with E-state index in [1.54, 1.807) is 29.4 Å². The Kier molecular flexibility index (Phi) is 5.25. The lowest BCUT2D eigenvalue weighted by Crippen LogP contribution is -2.46. The van der Waals surface area contributed by atoms with Gasteiger partial charge in [0.2, 0.25) is 0 Å². The molecule has 1 aromatic carbocycles. The molecule has 0 saturated carbocycles. The number of hydrogen-bond acceptors (Lipinski definition) is 3. The summed E-state index contributed by atoms with van der Waals surface area (Å²) in [7, 11) is 0. The van der Waals surface area contributed by atoms with Crippen LogP contribution < -0.4 is 10.6 Å². The quantitative estimate of drug-likeness (QED) is 0.907. The van der Waals surface area contributed by atoms with E-state index < -0.39 is 0 Å². The van der Waals surface area contributed by atoms with Gasteiger partial charge in [-0.1, -0.05) is 18.2 Å². The molecule has 0 unspecified atom stereocenters. The highest BCUT2D eigenvalue weighted by atomic mass is 19.1. The molecule has 1 fully saturated rings.